The van der Waals surface area contributed by atoms with Gasteiger partial charge in [-0.3, -0.25) is 0 Å². The van der Waals surface area contributed by atoms with Crippen LogP contribution < -0.4 is 0 Å². The second kappa shape index (κ2) is 8.84. The largest absolute Gasteiger partial charge is 0.241 e. The number of rotatable bonds is 5. The molecule has 0 aliphatic heterocycles. The van der Waals surface area contributed by atoms with Gasteiger partial charge in [0.25, 0.3) is 0 Å². The molecule has 1 aromatic heterocycles. The SMILES string of the molecule is CSc1nc(C=Cc2ccccc2)cc(C=Cc2ccccc2)c1C#N. The molecular weight excluding hydrogens is 336 g/mol. The van der Waals surface area contributed by atoms with Gasteiger partial charge >= 0.3 is 0 Å². The molecule has 0 amide bonds. The highest BCUT2D eigenvalue weighted by Crippen LogP contribution is 2.24. The standard InChI is InChI=1S/C23H18N2S/c1-26-23-22(17-24)20(14-12-18-8-4-2-5-9-18)16-21(25-23)15-13-19-10-6-3-7-11-19/h2-16H,1H3. The van der Waals surface area contributed by atoms with Crippen molar-refractivity contribution in [3.63, 3.8) is 0 Å². The lowest BCUT2D eigenvalue weighted by atomic mass is 10.1. The molecule has 126 valence electrons. The van der Waals surface area contributed by atoms with Gasteiger partial charge in [-0.1, -0.05) is 78.9 Å². The third-order valence-electron chi connectivity index (χ3n) is 3.84. The van der Waals surface area contributed by atoms with E-state index in [4.69, 9.17) is 0 Å². The number of aromatic nitrogens is 1. The van der Waals surface area contributed by atoms with Crippen molar-refractivity contribution in [3.8, 4) is 6.07 Å². The minimum absolute atomic E-state index is 0.613. The zero-order valence-electron chi connectivity index (χ0n) is 14.5. The van der Waals surface area contributed by atoms with Crippen LogP contribution in [0.4, 0.5) is 0 Å². The topological polar surface area (TPSA) is 36.7 Å². The van der Waals surface area contributed by atoms with Crippen LogP contribution in [0.2, 0.25) is 0 Å². The molecule has 0 unspecified atom stereocenters. The van der Waals surface area contributed by atoms with E-state index < -0.39 is 0 Å². The summed E-state index contributed by atoms with van der Waals surface area (Å²) in [7, 11) is 0. The second-order valence-electron chi connectivity index (χ2n) is 5.62. The highest BCUT2D eigenvalue weighted by atomic mass is 32.2. The van der Waals surface area contributed by atoms with Gasteiger partial charge in [-0.15, -0.1) is 11.8 Å². The quantitative estimate of drug-likeness (QED) is 0.526. The first kappa shape index (κ1) is 17.7. The van der Waals surface area contributed by atoms with Crippen molar-refractivity contribution in [2.45, 2.75) is 5.03 Å². The van der Waals surface area contributed by atoms with Crippen molar-refractivity contribution in [2.24, 2.45) is 0 Å². The molecule has 0 fully saturated rings. The van der Waals surface area contributed by atoms with Crippen molar-refractivity contribution >= 4 is 36.1 Å². The summed E-state index contributed by atoms with van der Waals surface area (Å²) in [6, 6.07) is 24.4. The number of pyridine rings is 1. The Balaban J connectivity index is 1.98. The van der Waals surface area contributed by atoms with Crippen LogP contribution in [0.1, 0.15) is 27.9 Å². The van der Waals surface area contributed by atoms with Crippen molar-refractivity contribution < 1.29 is 0 Å². The van der Waals surface area contributed by atoms with Gasteiger partial charge in [-0.05, 0) is 35.1 Å². The zero-order valence-corrected chi connectivity index (χ0v) is 15.3. The molecule has 0 aliphatic carbocycles. The van der Waals surface area contributed by atoms with Crippen molar-refractivity contribution in [3.05, 3.63) is 94.7 Å². The summed E-state index contributed by atoms with van der Waals surface area (Å²) in [5.41, 5.74) is 4.54. The molecule has 3 rings (SSSR count). The molecule has 0 saturated heterocycles. The number of hydrogen-bond acceptors (Lipinski definition) is 3. The average molecular weight is 354 g/mol. The maximum absolute atomic E-state index is 9.57. The molecule has 26 heavy (non-hydrogen) atoms. The van der Waals surface area contributed by atoms with Crippen LogP contribution in [0.5, 0.6) is 0 Å². The van der Waals surface area contributed by atoms with E-state index in [1.165, 1.54) is 11.8 Å². The Morgan fingerprint density at radius 2 is 1.42 bits per heavy atom. The van der Waals surface area contributed by atoms with Crippen LogP contribution in [-0.4, -0.2) is 11.2 Å². The smallest absolute Gasteiger partial charge is 0.115 e. The molecule has 2 aromatic carbocycles. The molecular formula is C23H18N2S. The summed E-state index contributed by atoms with van der Waals surface area (Å²) in [6.45, 7) is 0. The summed E-state index contributed by atoms with van der Waals surface area (Å²) in [6.07, 6.45) is 9.96. The van der Waals surface area contributed by atoms with Gasteiger partial charge in [-0.25, -0.2) is 4.98 Å². The monoisotopic (exact) mass is 354 g/mol. The van der Waals surface area contributed by atoms with E-state index >= 15 is 0 Å². The van der Waals surface area contributed by atoms with Crippen LogP contribution in [0.15, 0.2) is 71.8 Å². The molecule has 0 atom stereocenters. The van der Waals surface area contributed by atoms with Gasteiger partial charge < -0.3 is 0 Å². The van der Waals surface area contributed by atoms with Gasteiger partial charge in [0.1, 0.15) is 11.1 Å². The molecule has 0 spiro atoms. The summed E-state index contributed by atoms with van der Waals surface area (Å²) >= 11 is 1.49. The van der Waals surface area contributed by atoms with Crippen LogP contribution >= 0.6 is 11.8 Å². The molecule has 0 bridgehead atoms. The Morgan fingerprint density at radius 1 is 0.846 bits per heavy atom. The lowest BCUT2D eigenvalue weighted by Crippen LogP contribution is -1.94. The number of nitrogens with zero attached hydrogens (tertiary/aromatic N) is 2. The van der Waals surface area contributed by atoms with E-state index in [9.17, 15) is 5.26 Å². The van der Waals surface area contributed by atoms with Crippen molar-refractivity contribution in [2.75, 3.05) is 6.26 Å². The number of hydrogen-bond donors (Lipinski definition) is 0. The predicted octanol–water partition coefficient (Wildman–Crippen LogP) is 6.02. The first-order valence-electron chi connectivity index (χ1n) is 8.25. The minimum Gasteiger partial charge on any atom is -0.241 e. The summed E-state index contributed by atoms with van der Waals surface area (Å²) in [5, 5.41) is 10.3. The van der Waals surface area contributed by atoms with Crippen LogP contribution in [0.25, 0.3) is 24.3 Å². The number of benzene rings is 2. The molecule has 0 saturated carbocycles. The Bertz CT molecular complexity index is 968. The Morgan fingerprint density at radius 3 is 1.96 bits per heavy atom. The zero-order chi connectivity index (χ0) is 18.2. The van der Waals surface area contributed by atoms with Crippen LogP contribution in [0, 0.1) is 11.3 Å². The van der Waals surface area contributed by atoms with Crippen LogP contribution in [-0.2, 0) is 0 Å². The first-order chi connectivity index (χ1) is 12.8. The van der Waals surface area contributed by atoms with Gasteiger partial charge in [0.05, 0.1) is 11.3 Å². The highest BCUT2D eigenvalue weighted by molar-refractivity contribution is 7.98. The molecule has 3 heteroatoms. The highest BCUT2D eigenvalue weighted by Gasteiger charge is 2.09. The average Bonchev–Trinajstić information content (AvgIpc) is 2.71. The minimum atomic E-state index is 0.613. The number of thioether (sulfide) groups is 1. The fourth-order valence-corrected chi connectivity index (χ4v) is 3.10. The second-order valence-corrected chi connectivity index (χ2v) is 6.42. The summed E-state index contributed by atoms with van der Waals surface area (Å²) in [4.78, 5) is 4.61. The Hall–Kier alpha value is -3.09. The van der Waals surface area contributed by atoms with Gasteiger partial charge in [0.15, 0.2) is 0 Å². The molecule has 2 nitrogen and oxygen atoms in total. The van der Waals surface area contributed by atoms with Crippen molar-refractivity contribution in [1.29, 1.82) is 5.26 Å². The maximum Gasteiger partial charge on any atom is 0.115 e. The van der Waals surface area contributed by atoms with E-state index in [0.717, 1.165) is 27.4 Å². The molecule has 0 radical (unpaired) electrons. The van der Waals surface area contributed by atoms with Crippen LogP contribution in [0.3, 0.4) is 0 Å². The fourth-order valence-electron chi connectivity index (χ4n) is 2.53. The van der Waals surface area contributed by atoms with E-state index in [1.54, 1.807) is 0 Å². The Kier molecular flexibility index (Phi) is 6.03. The third-order valence-corrected chi connectivity index (χ3v) is 4.52. The molecule has 0 N–H and O–H groups in total. The van der Waals surface area contributed by atoms with E-state index in [0.29, 0.717) is 5.56 Å². The van der Waals surface area contributed by atoms with Gasteiger partial charge in [0.2, 0.25) is 0 Å². The molecule has 3 aromatic rings. The van der Waals surface area contributed by atoms with E-state index in [-0.39, 0.29) is 0 Å². The lowest BCUT2D eigenvalue weighted by Gasteiger charge is -2.06. The van der Waals surface area contributed by atoms with E-state index in [2.05, 4.69) is 11.1 Å². The fraction of sp³-hybridized carbons (Fsp3) is 0.0435. The molecule has 1 heterocycles. The molecule has 0 aliphatic rings. The van der Waals surface area contributed by atoms with Crippen molar-refractivity contribution in [1.82, 2.24) is 4.98 Å². The normalized spacial score (nSPS) is 11.1. The lowest BCUT2D eigenvalue weighted by molar-refractivity contribution is 1.09. The number of nitriles is 1. The Labute approximate surface area is 158 Å². The van der Waals surface area contributed by atoms with E-state index in [1.807, 2.05) is 97.3 Å². The third kappa shape index (κ3) is 4.50. The first-order valence-corrected chi connectivity index (χ1v) is 9.48. The van der Waals surface area contributed by atoms with Gasteiger partial charge in [-0.2, -0.15) is 5.26 Å². The maximum atomic E-state index is 9.57. The van der Waals surface area contributed by atoms with Gasteiger partial charge in [0, 0.05) is 0 Å². The summed E-state index contributed by atoms with van der Waals surface area (Å²) < 4.78 is 0. The summed E-state index contributed by atoms with van der Waals surface area (Å²) in [5.74, 6) is 0. The predicted molar refractivity (Wildman–Crippen MR) is 111 cm³/mol.